The fraction of sp³-hybridized carbons (Fsp3) is 0.308. The van der Waals surface area contributed by atoms with Crippen LogP contribution in [-0.2, 0) is 11.3 Å². The van der Waals surface area contributed by atoms with Gasteiger partial charge in [0, 0.05) is 21.7 Å². The lowest BCUT2D eigenvalue weighted by Crippen LogP contribution is -2.09. The summed E-state index contributed by atoms with van der Waals surface area (Å²) in [6, 6.07) is 2.00. The molecule has 2 aromatic rings. The summed E-state index contributed by atoms with van der Waals surface area (Å²) < 4.78 is 5.95. The van der Waals surface area contributed by atoms with E-state index in [1.165, 1.54) is 18.3 Å². The van der Waals surface area contributed by atoms with Crippen molar-refractivity contribution >= 4 is 55.5 Å². The number of thiazole rings is 1. The van der Waals surface area contributed by atoms with E-state index in [0.29, 0.717) is 16.6 Å². The topological polar surface area (TPSA) is 68.3 Å². The van der Waals surface area contributed by atoms with Gasteiger partial charge >= 0.3 is 5.97 Å². The Bertz CT molecular complexity index is 666. The standard InChI is InChI=1S/C13H13BrN2O3S2/c1-3-19-12(18)10-11(7(2)17)21-13(16-10)15-5-9-4-8(14)6-20-9/h4,6H,3,5H2,1-2H3,(H,15,16). The molecule has 0 bridgehead atoms. The Morgan fingerprint density at radius 2 is 2.24 bits per heavy atom. The number of thiophene rings is 1. The highest BCUT2D eigenvalue weighted by atomic mass is 79.9. The van der Waals surface area contributed by atoms with Gasteiger partial charge < -0.3 is 10.1 Å². The van der Waals surface area contributed by atoms with Crippen molar-refractivity contribution in [3.63, 3.8) is 0 Å². The minimum atomic E-state index is -0.564. The second-order valence-corrected chi connectivity index (χ2v) is 6.97. The Morgan fingerprint density at radius 1 is 1.48 bits per heavy atom. The molecule has 0 aromatic carbocycles. The second kappa shape index (κ2) is 7.15. The zero-order valence-electron chi connectivity index (χ0n) is 11.4. The smallest absolute Gasteiger partial charge is 0.358 e. The molecule has 1 N–H and O–H groups in total. The number of hydrogen-bond acceptors (Lipinski definition) is 7. The van der Waals surface area contributed by atoms with Crippen LogP contribution in [0.2, 0.25) is 0 Å². The quantitative estimate of drug-likeness (QED) is 0.598. The van der Waals surface area contributed by atoms with Gasteiger partial charge in [0.2, 0.25) is 0 Å². The van der Waals surface area contributed by atoms with E-state index in [4.69, 9.17) is 4.74 Å². The van der Waals surface area contributed by atoms with Gasteiger partial charge in [0.15, 0.2) is 16.6 Å². The first-order valence-corrected chi connectivity index (χ1v) is 8.65. The predicted molar refractivity (Wildman–Crippen MR) is 87.4 cm³/mol. The zero-order chi connectivity index (χ0) is 15.4. The molecule has 0 amide bonds. The van der Waals surface area contributed by atoms with Crippen LogP contribution in [0.5, 0.6) is 0 Å². The predicted octanol–water partition coefficient (Wildman–Crippen LogP) is 3.96. The largest absolute Gasteiger partial charge is 0.461 e. The van der Waals surface area contributed by atoms with E-state index >= 15 is 0 Å². The van der Waals surface area contributed by atoms with Crippen LogP contribution >= 0.6 is 38.6 Å². The Hall–Kier alpha value is -1.25. The Labute approximate surface area is 138 Å². The van der Waals surface area contributed by atoms with Gasteiger partial charge in [-0.3, -0.25) is 4.79 Å². The highest BCUT2D eigenvalue weighted by molar-refractivity contribution is 9.10. The number of anilines is 1. The highest BCUT2D eigenvalue weighted by Gasteiger charge is 2.22. The van der Waals surface area contributed by atoms with E-state index in [1.807, 2.05) is 11.4 Å². The molecule has 0 saturated heterocycles. The summed E-state index contributed by atoms with van der Waals surface area (Å²) in [6.07, 6.45) is 0. The van der Waals surface area contributed by atoms with Gasteiger partial charge in [-0.2, -0.15) is 0 Å². The van der Waals surface area contributed by atoms with Crippen LogP contribution < -0.4 is 5.32 Å². The normalized spacial score (nSPS) is 10.4. The monoisotopic (exact) mass is 388 g/mol. The van der Waals surface area contributed by atoms with Gasteiger partial charge in [0.05, 0.1) is 13.2 Å². The van der Waals surface area contributed by atoms with Crippen molar-refractivity contribution in [2.75, 3.05) is 11.9 Å². The number of carbonyl (C=O) groups excluding carboxylic acids is 2. The molecular formula is C13H13BrN2O3S2. The number of esters is 1. The second-order valence-electron chi connectivity index (χ2n) is 4.06. The molecule has 0 aliphatic rings. The number of hydrogen-bond donors (Lipinski definition) is 1. The molecule has 5 nitrogen and oxygen atoms in total. The van der Waals surface area contributed by atoms with E-state index in [2.05, 4.69) is 26.2 Å². The van der Waals surface area contributed by atoms with E-state index in [0.717, 1.165) is 9.35 Å². The average molecular weight is 389 g/mol. The molecule has 8 heteroatoms. The number of rotatable bonds is 6. The molecule has 0 saturated carbocycles. The summed E-state index contributed by atoms with van der Waals surface area (Å²) in [6.45, 7) is 3.96. The molecule has 0 atom stereocenters. The highest BCUT2D eigenvalue weighted by Crippen LogP contribution is 2.26. The fourth-order valence-electron chi connectivity index (χ4n) is 1.58. The van der Waals surface area contributed by atoms with E-state index in [9.17, 15) is 9.59 Å². The van der Waals surface area contributed by atoms with Crippen LogP contribution in [0.4, 0.5) is 5.13 Å². The van der Waals surface area contributed by atoms with Crippen LogP contribution in [0.25, 0.3) is 0 Å². The fourth-order valence-corrected chi connectivity index (χ4v) is 3.82. The lowest BCUT2D eigenvalue weighted by molar-refractivity contribution is 0.0517. The van der Waals surface area contributed by atoms with Crippen molar-refractivity contribution in [1.29, 1.82) is 0 Å². The molecule has 0 aliphatic carbocycles. The van der Waals surface area contributed by atoms with Gasteiger partial charge in [-0.25, -0.2) is 9.78 Å². The molecule has 2 aromatic heterocycles. The number of halogens is 1. The van der Waals surface area contributed by atoms with Crippen molar-refractivity contribution in [2.45, 2.75) is 20.4 Å². The lowest BCUT2D eigenvalue weighted by atomic mass is 10.3. The summed E-state index contributed by atoms with van der Waals surface area (Å²) in [7, 11) is 0. The van der Waals surface area contributed by atoms with E-state index < -0.39 is 5.97 Å². The molecule has 2 rings (SSSR count). The maximum atomic E-state index is 11.8. The zero-order valence-corrected chi connectivity index (χ0v) is 14.7. The summed E-state index contributed by atoms with van der Waals surface area (Å²) >= 11 is 6.17. The summed E-state index contributed by atoms with van der Waals surface area (Å²) in [5.41, 5.74) is 0.0872. The van der Waals surface area contributed by atoms with Gasteiger partial charge in [-0.05, 0) is 28.9 Å². The van der Waals surface area contributed by atoms with Crippen molar-refractivity contribution in [3.05, 3.63) is 31.4 Å². The van der Waals surface area contributed by atoms with Crippen molar-refractivity contribution in [1.82, 2.24) is 4.98 Å². The Morgan fingerprint density at radius 3 is 2.81 bits per heavy atom. The number of ketones is 1. The maximum absolute atomic E-state index is 11.8. The number of nitrogens with one attached hydrogen (secondary N) is 1. The minimum Gasteiger partial charge on any atom is -0.461 e. The van der Waals surface area contributed by atoms with Crippen LogP contribution in [0.15, 0.2) is 15.9 Å². The first kappa shape index (κ1) is 16.1. The number of Topliss-reactive ketones (excluding diaryl/α,β-unsaturated/α-hetero) is 1. The van der Waals surface area contributed by atoms with E-state index in [1.54, 1.807) is 18.3 Å². The Kier molecular flexibility index (Phi) is 5.49. The van der Waals surface area contributed by atoms with E-state index in [-0.39, 0.29) is 18.1 Å². The molecule has 0 aliphatic heterocycles. The van der Waals surface area contributed by atoms with Crippen LogP contribution in [0, 0.1) is 0 Å². The Balaban J connectivity index is 2.15. The molecule has 112 valence electrons. The van der Waals surface area contributed by atoms with Gasteiger partial charge in [0.1, 0.15) is 4.88 Å². The third kappa shape index (κ3) is 4.12. The minimum absolute atomic E-state index is 0.0872. The number of nitrogens with zero attached hydrogens (tertiary/aromatic N) is 1. The van der Waals surface area contributed by atoms with Crippen molar-refractivity contribution in [2.24, 2.45) is 0 Å². The number of carbonyl (C=O) groups is 2. The first-order valence-electron chi connectivity index (χ1n) is 6.17. The van der Waals surface area contributed by atoms with Crippen LogP contribution in [0.1, 0.15) is 38.9 Å². The number of ether oxygens (including phenoxy) is 1. The third-order valence-corrected chi connectivity index (χ3v) is 5.26. The van der Waals surface area contributed by atoms with Gasteiger partial charge in [-0.1, -0.05) is 11.3 Å². The molecule has 21 heavy (non-hydrogen) atoms. The number of aromatic nitrogens is 1. The molecule has 0 radical (unpaired) electrons. The summed E-state index contributed by atoms with van der Waals surface area (Å²) in [5.74, 6) is -0.756. The van der Waals surface area contributed by atoms with Gasteiger partial charge in [0.25, 0.3) is 0 Å². The van der Waals surface area contributed by atoms with Crippen molar-refractivity contribution < 1.29 is 14.3 Å². The molecule has 0 unspecified atom stereocenters. The van der Waals surface area contributed by atoms with Gasteiger partial charge in [-0.15, -0.1) is 11.3 Å². The average Bonchev–Trinajstić information content (AvgIpc) is 3.03. The molecule has 2 heterocycles. The maximum Gasteiger partial charge on any atom is 0.358 e. The van der Waals surface area contributed by atoms with Crippen LogP contribution in [-0.4, -0.2) is 23.3 Å². The molecular weight excluding hydrogens is 376 g/mol. The van der Waals surface area contributed by atoms with Crippen molar-refractivity contribution in [3.8, 4) is 0 Å². The lowest BCUT2D eigenvalue weighted by Gasteiger charge is -1.99. The third-order valence-electron chi connectivity index (χ3n) is 2.45. The molecule has 0 fully saturated rings. The molecule has 0 spiro atoms. The summed E-state index contributed by atoms with van der Waals surface area (Å²) in [4.78, 5) is 29.0. The summed E-state index contributed by atoms with van der Waals surface area (Å²) in [5, 5.41) is 5.65. The first-order chi connectivity index (χ1) is 10.0. The van der Waals surface area contributed by atoms with Crippen LogP contribution in [0.3, 0.4) is 0 Å². The SMILES string of the molecule is CCOC(=O)c1nc(NCc2cc(Br)cs2)sc1C(C)=O.